The predicted molar refractivity (Wildman–Crippen MR) is 72.0 cm³/mol. The number of benzene rings is 1. The Labute approximate surface area is 107 Å². The zero-order valence-corrected chi connectivity index (χ0v) is 10.7. The van der Waals surface area contributed by atoms with E-state index in [1.807, 2.05) is 17.5 Å². The lowest BCUT2D eigenvalue weighted by atomic mass is 10.3. The van der Waals surface area contributed by atoms with Crippen LogP contribution in [0.1, 0.15) is 5.69 Å². The van der Waals surface area contributed by atoms with Crippen molar-refractivity contribution < 1.29 is 0 Å². The van der Waals surface area contributed by atoms with Crippen molar-refractivity contribution in [3.63, 3.8) is 0 Å². The van der Waals surface area contributed by atoms with E-state index in [4.69, 9.17) is 23.1 Å². The second-order valence-corrected chi connectivity index (χ2v) is 5.47. The van der Waals surface area contributed by atoms with Crippen molar-refractivity contribution in [1.29, 1.82) is 0 Å². The zero-order valence-electron chi connectivity index (χ0n) is 8.31. The Morgan fingerprint density at radius 1 is 1.38 bits per heavy atom. The fraction of sp³-hybridized carbons (Fsp3) is 0.100. The summed E-state index contributed by atoms with van der Waals surface area (Å²) in [6, 6.07) is 5.50. The minimum atomic E-state index is 0.596. The summed E-state index contributed by atoms with van der Waals surface area (Å²) < 4.78 is 0. The maximum absolute atomic E-state index is 6.06. The van der Waals surface area contributed by atoms with Crippen LogP contribution in [0, 0.1) is 0 Å². The number of thiazole rings is 1. The average Bonchev–Trinajstić information content (AvgIpc) is 2.63. The van der Waals surface area contributed by atoms with Crippen LogP contribution in [0.15, 0.2) is 28.5 Å². The van der Waals surface area contributed by atoms with Crippen molar-refractivity contribution >= 4 is 45.5 Å². The van der Waals surface area contributed by atoms with Crippen LogP contribution in [0.25, 0.3) is 0 Å². The van der Waals surface area contributed by atoms with Crippen molar-refractivity contribution in [3.8, 4) is 0 Å². The Balaban J connectivity index is 2.04. The number of halogens is 1. The lowest BCUT2D eigenvalue weighted by molar-refractivity contribution is 1.24. The monoisotopic (exact) mass is 271 g/mol. The van der Waals surface area contributed by atoms with E-state index in [0.29, 0.717) is 15.8 Å². The van der Waals surface area contributed by atoms with Crippen LogP contribution in [0.5, 0.6) is 0 Å². The molecule has 0 atom stereocenters. The van der Waals surface area contributed by atoms with Crippen molar-refractivity contribution in [2.75, 3.05) is 11.5 Å². The van der Waals surface area contributed by atoms with Gasteiger partial charge in [0.1, 0.15) is 0 Å². The molecule has 2 rings (SSSR count). The van der Waals surface area contributed by atoms with Crippen molar-refractivity contribution in [3.05, 3.63) is 34.3 Å². The third-order valence-electron chi connectivity index (χ3n) is 1.90. The molecule has 0 unspecified atom stereocenters. The van der Waals surface area contributed by atoms with Gasteiger partial charge in [-0.25, -0.2) is 4.98 Å². The van der Waals surface area contributed by atoms with Crippen LogP contribution in [0.3, 0.4) is 0 Å². The maximum Gasteiger partial charge on any atom is 0.180 e. The van der Waals surface area contributed by atoms with Crippen molar-refractivity contribution in [2.24, 2.45) is 0 Å². The minimum absolute atomic E-state index is 0.596. The van der Waals surface area contributed by atoms with Crippen molar-refractivity contribution in [2.45, 2.75) is 10.6 Å². The number of rotatable bonds is 3. The second-order valence-electron chi connectivity index (χ2n) is 3.16. The summed E-state index contributed by atoms with van der Waals surface area (Å²) in [5.74, 6) is 0.761. The van der Waals surface area contributed by atoms with Gasteiger partial charge < -0.3 is 11.5 Å². The molecule has 0 aliphatic carbocycles. The molecule has 0 saturated carbocycles. The quantitative estimate of drug-likeness (QED) is 0.664. The van der Waals surface area contributed by atoms with Gasteiger partial charge in [-0.2, -0.15) is 0 Å². The van der Waals surface area contributed by atoms with Gasteiger partial charge in [-0.05, 0) is 18.2 Å². The summed E-state index contributed by atoms with van der Waals surface area (Å²) in [6.07, 6.45) is 0. The molecule has 16 heavy (non-hydrogen) atoms. The molecule has 1 aromatic carbocycles. The Kier molecular flexibility index (Phi) is 3.58. The Morgan fingerprint density at radius 3 is 2.81 bits per heavy atom. The molecular formula is C10H10ClN3S2. The Morgan fingerprint density at radius 2 is 2.19 bits per heavy atom. The molecule has 0 amide bonds. The van der Waals surface area contributed by atoms with E-state index >= 15 is 0 Å². The zero-order chi connectivity index (χ0) is 11.5. The lowest BCUT2D eigenvalue weighted by Gasteiger charge is -2.03. The molecule has 3 nitrogen and oxygen atoms in total. The Hall–Kier alpha value is -0.910. The van der Waals surface area contributed by atoms with E-state index in [9.17, 15) is 0 Å². The number of aromatic nitrogens is 1. The molecule has 0 radical (unpaired) electrons. The molecule has 0 bridgehead atoms. The fourth-order valence-electron chi connectivity index (χ4n) is 1.17. The van der Waals surface area contributed by atoms with E-state index in [-0.39, 0.29) is 0 Å². The van der Waals surface area contributed by atoms with E-state index in [2.05, 4.69) is 4.98 Å². The van der Waals surface area contributed by atoms with E-state index in [0.717, 1.165) is 16.3 Å². The molecular weight excluding hydrogens is 262 g/mol. The van der Waals surface area contributed by atoms with E-state index < -0.39 is 0 Å². The van der Waals surface area contributed by atoms with Gasteiger partial charge in [0.2, 0.25) is 0 Å². The molecule has 0 fully saturated rings. The van der Waals surface area contributed by atoms with Gasteiger partial charge in [-0.15, -0.1) is 23.1 Å². The van der Waals surface area contributed by atoms with Gasteiger partial charge >= 0.3 is 0 Å². The molecule has 1 heterocycles. The van der Waals surface area contributed by atoms with Gasteiger partial charge in [0, 0.05) is 21.7 Å². The lowest BCUT2D eigenvalue weighted by Crippen LogP contribution is -1.87. The number of nitrogens with two attached hydrogens (primary N) is 2. The topological polar surface area (TPSA) is 64.9 Å². The highest BCUT2D eigenvalue weighted by molar-refractivity contribution is 7.98. The van der Waals surface area contributed by atoms with Crippen LogP contribution in [-0.4, -0.2) is 4.98 Å². The number of hydrogen-bond acceptors (Lipinski definition) is 5. The number of anilines is 2. The number of hydrogen-bond donors (Lipinski definition) is 2. The first-order chi connectivity index (χ1) is 7.65. The van der Waals surface area contributed by atoms with Gasteiger partial charge in [0.25, 0.3) is 0 Å². The standard InChI is InChI=1S/C10H10ClN3S2/c11-8-3-6(12)1-2-9(8)15-4-7-5-16-10(13)14-7/h1-3,5H,4,12H2,(H2,13,14). The summed E-state index contributed by atoms with van der Waals surface area (Å²) in [4.78, 5) is 5.18. The first-order valence-corrected chi connectivity index (χ1v) is 6.77. The molecule has 1 aromatic heterocycles. The number of thioether (sulfide) groups is 1. The Bertz CT molecular complexity index is 499. The summed E-state index contributed by atoms with van der Waals surface area (Å²) in [5, 5.41) is 3.22. The molecule has 0 saturated heterocycles. The van der Waals surface area contributed by atoms with E-state index in [1.165, 1.54) is 11.3 Å². The highest BCUT2D eigenvalue weighted by Gasteiger charge is 2.04. The van der Waals surface area contributed by atoms with Crippen molar-refractivity contribution in [1.82, 2.24) is 4.98 Å². The molecule has 2 aromatic rings. The predicted octanol–water partition coefficient (Wildman–Crippen LogP) is 3.25. The van der Waals surface area contributed by atoms with Crippen LogP contribution in [0.4, 0.5) is 10.8 Å². The average molecular weight is 272 g/mol. The van der Waals surface area contributed by atoms with Gasteiger partial charge in [-0.1, -0.05) is 11.6 Å². The maximum atomic E-state index is 6.06. The molecule has 0 aliphatic rings. The van der Waals surface area contributed by atoms with Gasteiger partial charge in [-0.3, -0.25) is 0 Å². The van der Waals surface area contributed by atoms with Crippen LogP contribution in [0.2, 0.25) is 5.02 Å². The molecule has 0 spiro atoms. The highest BCUT2D eigenvalue weighted by Crippen LogP contribution is 2.31. The summed E-state index contributed by atoms with van der Waals surface area (Å²) >= 11 is 9.13. The normalized spacial score (nSPS) is 10.6. The number of nitrogen functional groups attached to an aromatic ring is 2. The van der Waals surface area contributed by atoms with Gasteiger partial charge in [0.15, 0.2) is 5.13 Å². The first-order valence-electron chi connectivity index (χ1n) is 4.53. The fourth-order valence-corrected chi connectivity index (χ4v) is 3.01. The van der Waals surface area contributed by atoms with E-state index in [1.54, 1.807) is 17.8 Å². The molecule has 4 N–H and O–H groups in total. The second kappa shape index (κ2) is 4.95. The molecule has 0 aliphatic heterocycles. The third-order valence-corrected chi connectivity index (χ3v) is 4.16. The largest absolute Gasteiger partial charge is 0.399 e. The summed E-state index contributed by atoms with van der Waals surface area (Å²) in [5.41, 5.74) is 12.8. The van der Waals surface area contributed by atoms with Crippen LogP contribution < -0.4 is 11.5 Å². The molecule has 84 valence electrons. The first kappa shape index (κ1) is 11.6. The SMILES string of the molecule is Nc1ccc(SCc2csc(N)n2)c(Cl)c1. The smallest absolute Gasteiger partial charge is 0.180 e. The third kappa shape index (κ3) is 2.81. The summed E-state index contributed by atoms with van der Waals surface area (Å²) in [6.45, 7) is 0. The molecule has 6 heteroatoms. The minimum Gasteiger partial charge on any atom is -0.399 e. The van der Waals surface area contributed by atoms with Gasteiger partial charge in [0.05, 0.1) is 10.7 Å². The summed E-state index contributed by atoms with van der Waals surface area (Å²) in [7, 11) is 0. The van der Waals surface area contributed by atoms with Crippen LogP contribution in [-0.2, 0) is 5.75 Å². The van der Waals surface area contributed by atoms with Crippen LogP contribution >= 0.6 is 34.7 Å². The highest BCUT2D eigenvalue weighted by atomic mass is 35.5. The number of nitrogens with zero attached hydrogens (tertiary/aromatic N) is 1.